The van der Waals surface area contributed by atoms with Crippen molar-refractivity contribution in [2.75, 3.05) is 31.5 Å². The normalized spacial score (nSPS) is 20.5. The third-order valence-corrected chi connectivity index (χ3v) is 4.57. The molecule has 0 radical (unpaired) electrons. The van der Waals surface area contributed by atoms with Crippen molar-refractivity contribution in [1.82, 2.24) is 15.5 Å². The molecular formula is C17H25ClN4O2. The average molecular weight is 353 g/mol. The van der Waals surface area contributed by atoms with E-state index in [1.165, 1.54) is 0 Å². The standard InChI is InChI=1S/C17H24N4O2.ClH/c22-16(13-10-18-11-13)21-9-5-4-8-15(21)12-19-17(23)20-14-6-2-1-3-7-14;/h1-3,6-7,13,15,18H,4-5,8-12H2,(H2,19,20,23);1H. The van der Waals surface area contributed by atoms with E-state index in [4.69, 9.17) is 0 Å². The number of para-hydroxylation sites is 1. The minimum absolute atomic E-state index is 0. The number of likely N-dealkylation sites (tertiary alicyclic amines) is 1. The molecule has 2 saturated heterocycles. The Balaban J connectivity index is 0.00000208. The van der Waals surface area contributed by atoms with Crippen LogP contribution in [-0.2, 0) is 4.79 Å². The van der Waals surface area contributed by atoms with Gasteiger partial charge in [0.15, 0.2) is 0 Å². The van der Waals surface area contributed by atoms with Gasteiger partial charge in [0.1, 0.15) is 0 Å². The second-order valence-corrected chi connectivity index (χ2v) is 6.24. The monoisotopic (exact) mass is 352 g/mol. The van der Waals surface area contributed by atoms with Gasteiger partial charge in [-0.3, -0.25) is 4.79 Å². The van der Waals surface area contributed by atoms with Crippen molar-refractivity contribution in [2.45, 2.75) is 25.3 Å². The predicted octanol–water partition coefficient (Wildman–Crippen LogP) is 1.83. The lowest BCUT2D eigenvalue weighted by molar-refractivity contribution is -0.140. The first kappa shape index (κ1) is 18.5. The Hall–Kier alpha value is -1.79. The number of amides is 3. The van der Waals surface area contributed by atoms with Crippen LogP contribution in [0.4, 0.5) is 10.5 Å². The van der Waals surface area contributed by atoms with Crippen LogP contribution in [0.2, 0.25) is 0 Å². The van der Waals surface area contributed by atoms with Crippen LogP contribution < -0.4 is 16.0 Å². The molecule has 0 bridgehead atoms. The van der Waals surface area contributed by atoms with Gasteiger partial charge in [-0.25, -0.2) is 4.79 Å². The summed E-state index contributed by atoms with van der Waals surface area (Å²) in [7, 11) is 0. The van der Waals surface area contributed by atoms with Gasteiger partial charge in [0.25, 0.3) is 0 Å². The topological polar surface area (TPSA) is 73.5 Å². The van der Waals surface area contributed by atoms with Crippen molar-refractivity contribution in [3.8, 4) is 0 Å². The summed E-state index contributed by atoms with van der Waals surface area (Å²) in [5, 5.41) is 8.85. The van der Waals surface area contributed by atoms with E-state index in [9.17, 15) is 9.59 Å². The molecule has 1 atom stereocenters. The Labute approximate surface area is 148 Å². The van der Waals surface area contributed by atoms with E-state index in [0.29, 0.717) is 6.54 Å². The zero-order chi connectivity index (χ0) is 16.1. The number of rotatable bonds is 4. The first-order valence-electron chi connectivity index (χ1n) is 8.35. The van der Waals surface area contributed by atoms with Gasteiger partial charge in [-0.1, -0.05) is 18.2 Å². The molecule has 2 aliphatic heterocycles. The summed E-state index contributed by atoms with van der Waals surface area (Å²) in [4.78, 5) is 26.5. The molecule has 2 aliphatic rings. The van der Waals surface area contributed by atoms with Crippen LogP contribution in [0.3, 0.4) is 0 Å². The lowest BCUT2D eigenvalue weighted by Crippen LogP contribution is -2.57. The lowest BCUT2D eigenvalue weighted by Gasteiger charge is -2.40. The van der Waals surface area contributed by atoms with Crippen LogP contribution in [0, 0.1) is 5.92 Å². The van der Waals surface area contributed by atoms with E-state index >= 15 is 0 Å². The van der Waals surface area contributed by atoms with E-state index in [-0.39, 0.29) is 36.3 Å². The molecule has 3 N–H and O–H groups in total. The number of hydrogen-bond donors (Lipinski definition) is 3. The number of benzene rings is 1. The van der Waals surface area contributed by atoms with Gasteiger partial charge in [-0.2, -0.15) is 0 Å². The highest BCUT2D eigenvalue weighted by Crippen LogP contribution is 2.20. The van der Waals surface area contributed by atoms with Crippen molar-refractivity contribution in [3.63, 3.8) is 0 Å². The highest BCUT2D eigenvalue weighted by Gasteiger charge is 2.34. The number of urea groups is 1. The number of halogens is 1. The molecule has 3 amide bonds. The first-order chi connectivity index (χ1) is 11.2. The van der Waals surface area contributed by atoms with Crippen LogP contribution in [0.15, 0.2) is 30.3 Å². The Bertz CT molecular complexity index is 551. The Morgan fingerprint density at radius 1 is 1.17 bits per heavy atom. The number of nitrogens with one attached hydrogen (secondary N) is 3. The molecule has 2 fully saturated rings. The third kappa shape index (κ3) is 4.61. The molecule has 132 valence electrons. The Morgan fingerprint density at radius 3 is 2.58 bits per heavy atom. The van der Waals surface area contributed by atoms with Crippen LogP contribution in [0.1, 0.15) is 19.3 Å². The van der Waals surface area contributed by atoms with Gasteiger partial charge in [0.2, 0.25) is 5.91 Å². The highest BCUT2D eigenvalue weighted by molar-refractivity contribution is 5.89. The number of hydrogen-bond acceptors (Lipinski definition) is 3. The van der Waals surface area contributed by atoms with E-state index < -0.39 is 0 Å². The summed E-state index contributed by atoms with van der Waals surface area (Å²) in [6.45, 7) is 2.88. The number of piperidine rings is 1. The van der Waals surface area contributed by atoms with Gasteiger partial charge in [0, 0.05) is 37.9 Å². The molecule has 6 nitrogen and oxygen atoms in total. The fourth-order valence-electron chi connectivity index (χ4n) is 3.11. The fourth-order valence-corrected chi connectivity index (χ4v) is 3.11. The van der Waals surface area contributed by atoms with Crippen molar-refractivity contribution >= 4 is 30.0 Å². The predicted molar refractivity (Wildman–Crippen MR) is 96.4 cm³/mol. The van der Waals surface area contributed by atoms with E-state index in [2.05, 4.69) is 16.0 Å². The first-order valence-corrected chi connectivity index (χ1v) is 8.35. The van der Waals surface area contributed by atoms with Crippen LogP contribution in [-0.4, -0.2) is 49.1 Å². The molecule has 0 spiro atoms. The average Bonchev–Trinajstić information content (AvgIpc) is 2.52. The number of carbonyl (C=O) groups excluding carboxylic acids is 2. The van der Waals surface area contributed by atoms with Crippen molar-refractivity contribution in [2.24, 2.45) is 5.92 Å². The summed E-state index contributed by atoms with van der Waals surface area (Å²) in [5.74, 6) is 0.354. The lowest BCUT2D eigenvalue weighted by atomic mass is 9.96. The van der Waals surface area contributed by atoms with Gasteiger partial charge < -0.3 is 20.9 Å². The molecule has 0 saturated carbocycles. The van der Waals surface area contributed by atoms with Crippen LogP contribution >= 0.6 is 12.4 Å². The van der Waals surface area contributed by atoms with Crippen molar-refractivity contribution in [3.05, 3.63) is 30.3 Å². The minimum Gasteiger partial charge on any atom is -0.338 e. The van der Waals surface area contributed by atoms with Crippen LogP contribution in [0.5, 0.6) is 0 Å². The summed E-state index contributed by atoms with van der Waals surface area (Å²) in [6, 6.07) is 9.24. The minimum atomic E-state index is -0.223. The van der Waals surface area contributed by atoms with E-state index in [1.807, 2.05) is 35.2 Å². The maximum atomic E-state index is 12.5. The van der Waals surface area contributed by atoms with Crippen LogP contribution in [0.25, 0.3) is 0 Å². The molecular weight excluding hydrogens is 328 g/mol. The number of nitrogens with zero attached hydrogens (tertiary/aromatic N) is 1. The molecule has 3 rings (SSSR count). The van der Waals surface area contributed by atoms with Gasteiger partial charge in [-0.15, -0.1) is 12.4 Å². The second-order valence-electron chi connectivity index (χ2n) is 6.24. The third-order valence-electron chi connectivity index (χ3n) is 4.57. The summed E-state index contributed by atoms with van der Waals surface area (Å²) >= 11 is 0. The zero-order valence-electron chi connectivity index (χ0n) is 13.7. The maximum absolute atomic E-state index is 12.5. The number of anilines is 1. The molecule has 24 heavy (non-hydrogen) atoms. The SMILES string of the molecule is Cl.O=C(NCC1CCCCN1C(=O)C1CNC1)Nc1ccccc1. The van der Waals surface area contributed by atoms with E-state index in [0.717, 1.165) is 44.6 Å². The van der Waals surface area contributed by atoms with Crippen molar-refractivity contribution < 1.29 is 9.59 Å². The van der Waals surface area contributed by atoms with Gasteiger partial charge in [0.05, 0.1) is 5.92 Å². The summed E-state index contributed by atoms with van der Waals surface area (Å²) < 4.78 is 0. The smallest absolute Gasteiger partial charge is 0.319 e. The molecule has 1 aromatic rings. The molecule has 7 heteroatoms. The quantitative estimate of drug-likeness (QED) is 0.774. The molecule has 1 aromatic carbocycles. The van der Waals surface area contributed by atoms with E-state index in [1.54, 1.807) is 0 Å². The highest BCUT2D eigenvalue weighted by atomic mass is 35.5. The molecule has 0 aliphatic carbocycles. The Kier molecular flexibility index (Phi) is 6.87. The van der Waals surface area contributed by atoms with Gasteiger partial charge >= 0.3 is 6.03 Å². The Morgan fingerprint density at radius 2 is 1.92 bits per heavy atom. The number of carbonyl (C=O) groups is 2. The fraction of sp³-hybridized carbons (Fsp3) is 0.529. The largest absolute Gasteiger partial charge is 0.338 e. The zero-order valence-corrected chi connectivity index (χ0v) is 14.5. The summed E-state index contributed by atoms with van der Waals surface area (Å²) in [5.41, 5.74) is 0.766. The maximum Gasteiger partial charge on any atom is 0.319 e. The summed E-state index contributed by atoms with van der Waals surface area (Å²) in [6.07, 6.45) is 3.12. The molecule has 2 heterocycles. The van der Waals surface area contributed by atoms with Crippen molar-refractivity contribution in [1.29, 1.82) is 0 Å². The van der Waals surface area contributed by atoms with Gasteiger partial charge in [-0.05, 0) is 31.4 Å². The molecule has 0 aromatic heterocycles. The molecule has 1 unspecified atom stereocenters. The second kappa shape index (κ2) is 8.89.